The fourth-order valence-electron chi connectivity index (χ4n) is 2.97. The number of hydrogen-bond donors (Lipinski definition) is 1. The van der Waals surface area contributed by atoms with Gasteiger partial charge in [-0.2, -0.15) is 5.26 Å². The van der Waals surface area contributed by atoms with E-state index >= 15 is 0 Å². The van der Waals surface area contributed by atoms with Crippen molar-refractivity contribution in [3.05, 3.63) is 35.9 Å². The van der Waals surface area contributed by atoms with E-state index in [1.54, 1.807) is 0 Å². The Morgan fingerprint density at radius 1 is 1.21 bits per heavy atom. The van der Waals surface area contributed by atoms with E-state index in [0.29, 0.717) is 18.4 Å². The quantitative estimate of drug-likeness (QED) is 0.568. The van der Waals surface area contributed by atoms with E-state index in [4.69, 9.17) is 4.74 Å². The molecule has 0 radical (unpaired) electrons. The monoisotopic (exact) mass is 410 g/mol. The molecule has 156 valence electrons. The van der Waals surface area contributed by atoms with Crippen molar-refractivity contribution in [2.75, 3.05) is 0 Å². The van der Waals surface area contributed by atoms with Crippen molar-refractivity contribution in [3.8, 4) is 11.8 Å². The van der Waals surface area contributed by atoms with Gasteiger partial charge in [0.25, 0.3) is 5.91 Å². The van der Waals surface area contributed by atoms with Crippen molar-refractivity contribution in [2.45, 2.75) is 57.0 Å². The van der Waals surface area contributed by atoms with Gasteiger partial charge < -0.3 is 14.8 Å². The molecule has 1 aliphatic rings. The molecule has 0 aliphatic heterocycles. The summed E-state index contributed by atoms with van der Waals surface area (Å²) in [5, 5.41) is 12.1. The van der Waals surface area contributed by atoms with Crippen LogP contribution in [0, 0.1) is 11.3 Å². The first-order valence-electron chi connectivity index (χ1n) is 9.10. The first kappa shape index (κ1) is 22.3. The first-order valence-corrected chi connectivity index (χ1v) is 9.10. The van der Waals surface area contributed by atoms with Gasteiger partial charge in [-0.15, -0.1) is 13.2 Å². The first-order chi connectivity index (χ1) is 13.6. The van der Waals surface area contributed by atoms with Gasteiger partial charge in [0.05, 0.1) is 6.07 Å². The highest BCUT2D eigenvalue weighted by molar-refractivity contribution is 5.90. The number of ether oxygens (including phenoxy) is 2. The predicted octanol–water partition coefficient (Wildman–Crippen LogP) is 3.87. The van der Waals surface area contributed by atoms with Gasteiger partial charge in [-0.25, -0.2) is 4.79 Å². The fourth-order valence-corrected chi connectivity index (χ4v) is 2.97. The van der Waals surface area contributed by atoms with Crippen LogP contribution in [0.5, 0.6) is 5.75 Å². The molecule has 1 saturated carbocycles. The molecule has 1 aromatic carbocycles. The highest BCUT2D eigenvalue weighted by atomic mass is 19.4. The zero-order valence-corrected chi connectivity index (χ0v) is 15.8. The summed E-state index contributed by atoms with van der Waals surface area (Å²) in [6, 6.07) is 7.05. The number of nitrogens with zero attached hydrogens (tertiary/aromatic N) is 1. The van der Waals surface area contributed by atoms with Crippen molar-refractivity contribution in [3.63, 3.8) is 0 Å². The molecule has 0 heterocycles. The third-order valence-corrected chi connectivity index (χ3v) is 4.47. The summed E-state index contributed by atoms with van der Waals surface area (Å²) >= 11 is 0. The van der Waals surface area contributed by atoms with Crippen LogP contribution in [0.15, 0.2) is 30.3 Å². The summed E-state index contributed by atoms with van der Waals surface area (Å²) in [5.41, 5.74) is -0.481. The lowest BCUT2D eigenvalue weighted by Crippen LogP contribution is -2.52. The van der Waals surface area contributed by atoms with E-state index < -0.39 is 29.9 Å². The van der Waals surface area contributed by atoms with Gasteiger partial charge in [0.1, 0.15) is 11.3 Å². The van der Waals surface area contributed by atoms with Crippen LogP contribution in [0.3, 0.4) is 0 Å². The molecule has 0 aromatic heterocycles. The van der Waals surface area contributed by atoms with E-state index in [1.165, 1.54) is 25.1 Å². The second-order valence-corrected chi connectivity index (χ2v) is 6.77. The van der Waals surface area contributed by atoms with Gasteiger partial charge in [-0.1, -0.05) is 31.4 Å². The van der Waals surface area contributed by atoms with Gasteiger partial charge >= 0.3 is 12.3 Å². The SMILES string of the molecule is C[C@H](OC(=O)/C=C/c1ccc(OC(F)(F)F)cc1)C(=O)NC1(C#N)CCCCC1. The molecule has 29 heavy (non-hydrogen) atoms. The Hall–Kier alpha value is -3.02. The molecular formula is C20H21F3N2O4. The number of rotatable bonds is 6. The number of nitriles is 1. The number of esters is 1. The number of carbonyl (C=O) groups excluding carboxylic acids is 2. The average Bonchev–Trinajstić information content (AvgIpc) is 2.67. The minimum Gasteiger partial charge on any atom is -0.449 e. The molecule has 1 amide bonds. The number of amides is 1. The summed E-state index contributed by atoms with van der Waals surface area (Å²) in [6.45, 7) is 1.40. The molecule has 6 nitrogen and oxygen atoms in total. The Kier molecular flexibility index (Phi) is 7.26. The Labute approximate surface area is 166 Å². The van der Waals surface area contributed by atoms with E-state index in [-0.39, 0.29) is 5.75 Å². The standard InChI is InChI=1S/C20H21F3N2O4/c1-14(18(27)25-19(13-24)11-3-2-4-12-19)28-17(26)10-7-15-5-8-16(9-6-15)29-20(21,22)23/h5-10,14H,2-4,11-12H2,1H3,(H,25,27)/b10-7+/t14-/m0/s1. The highest BCUT2D eigenvalue weighted by Gasteiger charge is 2.35. The van der Waals surface area contributed by atoms with Gasteiger partial charge in [0.2, 0.25) is 0 Å². The number of carbonyl (C=O) groups is 2. The van der Waals surface area contributed by atoms with Gasteiger partial charge in [-0.3, -0.25) is 4.79 Å². The molecule has 0 bridgehead atoms. The molecule has 0 spiro atoms. The lowest BCUT2D eigenvalue weighted by atomic mass is 9.83. The third-order valence-electron chi connectivity index (χ3n) is 4.47. The average molecular weight is 410 g/mol. The molecular weight excluding hydrogens is 389 g/mol. The minimum absolute atomic E-state index is 0.378. The maximum Gasteiger partial charge on any atom is 0.573 e. The van der Waals surface area contributed by atoms with Crippen molar-refractivity contribution in [2.24, 2.45) is 0 Å². The fraction of sp³-hybridized carbons (Fsp3) is 0.450. The zero-order chi connectivity index (χ0) is 21.5. The number of halogens is 3. The Bertz CT molecular complexity index is 791. The topological polar surface area (TPSA) is 88.4 Å². The van der Waals surface area contributed by atoms with Crippen LogP contribution in [-0.4, -0.2) is 29.9 Å². The number of hydrogen-bond acceptors (Lipinski definition) is 5. The van der Waals surface area contributed by atoms with Crippen LogP contribution in [0.1, 0.15) is 44.6 Å². The van der Waals surface area contributed by atoms with Gasteiger partial charge in [-0.05, 0) is 43.5 Å². The summed E-state index contributed by atoms with van der Waals surface area (Å²) in [5.74, 6) is -1.72. The Morgan fingerprint density at radius 3 is 2.38 bits per heavy atom. The summed E-state index contributed by atoms with van der Waals surface area (Å²) < 4.78 is 45.2. The summed E-state index contributed by atoms with van der Waals surface area (Å²) in [7, 11) is 0. The molecule has 1 N–H and O–H groups in total. The largest absolute Gasteiger partial charge is 0.573 e. The number of alkyl halides is 3. The van der Waals surface area contributed by atoms with Crippen molar-refractivity contribution >= 4 is 18.0 Å². The molecule has 1 fully saturated rings. The van der Waals surface area contributed by atoms with Crippen LogP contribution >= 0.6 is 0 Å². The van der Waals surface area contributed by atoms with Gasteiger partial charge in [0, 0.05) is 6.08 Å². The van der Waals surface area contributed by atoms with E-state index in [0.717, 1.165) is 37.5 Å². The van der Waals surface area contributed by atoms with Crippen LogP contribution < -0.4 is 10.1 Å². The van der Waals surface area contributed by atoms with E-state index in [9.17, 15) is 28.0 Å². The van der Waals surface area contributed by atoms with Crippen LogP contribution in [0.2, 0.25) is 0 Å². The second-order valence-electron chi connectivity index (χ2n) is 6.77. The lowest BCUT2D eigenvalue weighted by molar-refractivity contribution is -0.274. The van der Waals surface area contributed by atoms with E-state index in [2.05, 4.69) is 16.1 Å². The zero-order valence-electron chi connectivity index (χ0n) is 15.8. The summed E-state index contributed by atoms with van der Waals surface area (Å²) in [6.07, 6.45) is 0.342. The second kappa shape index (κ2) is 9.45. The molecule has 1 aromatic rings. The molecule has 1 aliphatic carbocycles. The highest BCUT2D eigenvalue weighted by Crippen LogP contribution is 2.27. The van der Waals surface area contributed by atoms with E-state index in [1.807, 2.05) is 0 Å². The Balaban J connectivity index is 1.87. The van der Waals surface area contributed by atoms with Crippen LogP contribution in [0.25, 0.3) is 6.08 Å². The van der Waals surface area contributed by atoms with Crippen LogP contribution in [-0.2, 0) is 14.3 Å². The molecule has 0 unspecified atom stereocenters. The maximum atomic E-state index is 12.3. The molecule has 0 saturated heterocycles. The predicted molar refractivity (Wildman–Crippen MR) is 97.3 cm³/mol. The smallest absolute Gasteiger partial charge is 0.449 e. The third kappa shape index (κ3) is 7.14. The lowest BCUT2D eigenvalue weighted by Gasteiger charge is -2.32. The number of benzene rings is 1. The van der Waals surface area contributed by atoms with Crippen molar-refractivity contribution < 1.29 is 32.2 Å². The van der Waals surface area contributed by atoms with Crippen LogP contribution in [0.4, 0.5) is 13.2 Å². The molecule has 1 atom stereocenters. The maximum absolute atomic E-state index is 12.3. The number of nitrogens with one attached hydrogen (secondary N) is 1. The minimum atomic E-state index is -4.78. The normalized spacial score (nSPS) is 17.2. The molecule has 2 rings (SSSR count). The van der Waals surface area contributed by atoms with Crippen molar-refractivity contribution in [1.82, 2.24) is 5.32 Å². The Morgan fingerprint density at radius 2 is 1.83 bits per heavy atom. The van der Waals surface area contributed by atoms with Gasteiger partial charge in [0.15, 0.2) is 6.10 Å². The van der Waals surface area contributed by atoms with Crippen molar-refractivity contribution in [1.29, 1.82) is 5.26 Å². The molecule has 9 heteroatoms. The summed E-state index contributed by atoms with van der Waals surface area (Å²) in [4.78, 5) is 24.2.